The van der Waals surface area contributed by atoms with Crippen molar-refractivity contribution >= 4 is 51.6 Å². The molecule has 0 bridgehead atoms. The first-order valence-corrected chi connectivity index (χ1v) is 11.9. The summed E-state index contributed by atoms with van der Waals surface area (Å²) in [6.45, 7) is 1.68. The normalized spacial score (nSPS) is 13.4. The number of carbonyl (C=O) groups is 2. The third-order valence-electron chi connectivity index (χ3n) is 6.22. The monoisotopic (exact) mass is 504 g/mol. The molecule has 1 saturated heterocycles. The number of nitrogen functional groups attached to an aromatic ring is 1. The molecule has 184 valence electrons. The topological polar surface area (TPSA) is 131 Å². The van der Waals surface area contributed by atoms with Crippen molar-refractivity contribution in [2.75, 3.05) is 30.3 Å². The number of nitrogens with zero attached hydrogens (tertiary/aromatic N) is 3. The Balaban J connectivity index is 1.41. The number of benzene rings is 3. The molecule has 2 heterocycles. The van der Waals surface area contributed by atoms with Gasteiger partial charge >= 0.3 is 6.03 Å². The van der Waals surface area contributed by atoms with E-state index >= 15 is 0 Å². The van der Waals surface area contributed by atoms with Crippen LogP contribution in [0.3, 0.4) is 0 Å². The predicted octanol–water partition coefficient (Wildman–Crippen LogP) is 4.68. The summed E-state index contributed by atoms with van der Waals surface area (Å²) in [7, 11) is 0. The number of rotatable bonds is 7. The van der Waals surface area contributed by atoms with Gasteiger partial charge in [0.15, 0.2) is 5.82 Å². The molecule has 0 saturated carbocycles. The number of ether oxygens (including phenoxy) is 1. The molecule has 1 aliphatic heterocycles. The second kappa shape index (κ2) is 9.79. The van der Waals surface area contributed by atoms with Crippen LogP contribution in [0.4, 0.5) is 22.0 Å². The van der Waals surface area contributed by atoms with E-state index in [-0.39, 0.29) is 5.91 Å². The molecule has 1 aliphatic rings. The first-order valence-electron chi connectivity index (χ1n) is 11.5. The molecule has 0 spiro atoms. The minimum atomic E-state index is -0.622. The van der Waals surface area contributed by atoms with Gasteiger partial charge in [0.1, 0.15) is 17.9 Å². The zero-order valence-electron chi connectivity index (χ0n) is 19.4. The van der Waals surface area contributed by atoms with Gasteiger partial charge in [-0.15, -0.1) is 0 Å². The lowest BCUT2D eigenvalue weighted by molar-refractivity contribution is -0.128. The summed E-state index contributed by atoms with van der Waals surface area (Å²) in [5, 5.41) is 8.38. The highest BCUT2D eigenvalue weighted by molar-refractivity contribution is 6.31. The average molecular weight is 505 g/mol. The fourth-order valence-electron chi connectivity index (χ4n) is 4.51. The molecule has 1 aromatic heterocycles. The number of carbonyl (C=O) groups excluding carboxylic acids is 2. The lowest BCUT2D eigenvalue weighted by Crippen LogP contribution is -2.31. The van der Waals surface area contributed by atoms with Crippen molar-refractivity contribution in [1.29, 1.82) is 0 Å². The van der Waals surface area contributed by atoms with Crippen molar-refractivity contribution in [3.05, 3.63) is 65.7 Å². The summed E-state index contributed by atoms with van der Waals surface area (Å²) in [5.74, 6) is 1.13. The molecule has 0 unspecified atom stereocenters. The number of halogens is 1. The van der Waals surface area contributed by atoms with E-state index in [0.717, 1.165) is 29.5 Å². The molecule has 0 aliphatic carbocycles. The van der Waals surface area contributed by atoms with Crippen molar-refractivity contribution < 1.29 is 14.3 Å². The van der Waals surface area contributed by atoms with Crippen molar-refractivity contribution in [1.82, 2.24) is 15.1 Å². The van der Waals surface area contributed by atoms with Crippen LogP contribution in [0.15, 0.2) is 60.7 Å². The van der Waals surface area contributed by atoms with Crippen molar-refractivity contribution in [2.24, 2.45) is 5.73 Å². The number of amides is 3. The highest BCUT2D eigenvalue weighted by Gasteiger charge is 2.21. The number of hydrogen-bond donors (Lipinski definition) is 3. The van der Waals surface area contributed by atoms with Crippen molar-refractivity contribution in [3.8, 4) is 16.9 Å². The molecule has 5 N–H and O–H groups in total. The number of nitrogens with one attached hydrogen (secondary N) is 1. The van der Waals surface area contributed by atoms with E-state index in [9.17, 15) is 9.59 Å². The summed E-state index contributed by atoms with van der Waals surface area (Å²) >= 11 is 6.10. The number of likely N-dealkylation sites (tertiary alicyclic amines) is 1. The smallest absolute Gasteiger partial charge is 0.323 e. The summed E-state index contributed by atoms with van der Waals surface area (Å²) in [6, 6.07) is 17.5. The number of fused-ring (bicyclic) bond motifs is 1. The Morgan fingerprint density at radius 1 is 1.14 bits per heavy atom. The maximum atomic E-state index is 12.2. The van der Waals surface area contributed by atoms with E-state index in [1.165, 1.54) is 4.90 Å². The Morgan fingerprint density at radius 2 is 1.94 bits per heavy atom. The summed E-state index contributed by atoms with van der Waals surface area (Å²) in [6.07, 6.45) is 1.50. The highest BCUT2D eigenvalue weighted by atomic mass is 35.5. The molecule has 5 rings (SSSR count). The molecule has 1 fully saturated rings. The van der Waals surface area contributed by atoms with Gasteiger partial charge in [0.25, 0.3) is 0 Å². The van der Waals surface area contributed by atoms with E-state index in [0.29, 0.717) is 53.1 Å². The largest absolute Gasteiger partial charge is 0.489 e. The lowest BCUT2D eigenvalue weighted by atomic mass is 10.0. The van der Waals surface area contributed by atoms with E-state index < -0.39 is 6.03 Å². The average Bonchev–Trinajstić information content (AvgIpc) is 3.45. The Bertz CT molecular complexity index is 1440. The number of H-pyrrole nitrogens is 1. The van der Waals surface area contributed by atoms with E-state index in [4.69, 9.17) is 27.8 Å². The lowest BCUT2D eigenvalue weighted by Gasteiger charge is -2.21. The summed E-state index contributed by atoms with van der Waals surface area (Å²) in [4.78, 5) is 27.3. The van der Waals surface area contributed by atoms with Gasteiger partial charge in [-0.3, -0.25) is 14.8 Å². The van der Waals surface area contributed by atoms with Crippen LogP contribution in [-0.4, -0.2) is 46.7 Å². The number of aromatic nitrogens is 2. The molecular weight excluding hydrogens is 480 g/mol. The van der Waals surface area contributed by atoms with Gasteiger partial charge < -0.3 is 21.1 Å². The third kappa shape index (κ3) is 4.52. The van der Waals surface area contributed by atoms with E-state index in [2.05, 4.69) is 10.2 Å². The highest BCUT2D eigenvalue weighted by Crippen LogP contribution is 2.37. The fraction of sp³-hybridized carbons (Fsp3) is 0.192. The zero-order valence-corrected chi connectivity index (χ0v) is 20.2. The Labute approximate surface area is 212 Å². The summed E-state index contributed by atoms with van der Waals surface area (Å²) in [5.41, 5.74) is 15.5. The Kier molecular flexibility index (Phi) is 6.39. The number of primary amides is 1. The van der Waals surface area contributed by atoms with Gasteiger partial charge in [-0.05, 0) is 60.0 Å². The van der Waals surface area contributed by atoms with Crippen molar-refractivity contribution in [2.45, 2.75) is 12.8 Å². The SMILES string of the molecule is NC(=O)N(c1ccc(-c2ccc(OCCN3CCCC3=O)c3[nH]nc(N)c23)cc1)c1cccc(Cl)c1. The molecule has 4 aromatic rings. The Hall–Kier alpha value is -4.24. The molecule has 0 radical (unpaired) electrons. The van der Waals surface area contributed by atoms with Crippen LogP contribution in [0.1, 0.15) is 12.8 Å². The summed E-state index contributed by atoms with van der Waals surface area (Å²) < 4.78 is 5.98. The number of aromatic amines is 1. The maximum Gasteiger partial charge on any atom is 0.323 e. The number of hydrogen-bond acceptors (Lipinski definition) is 5. The number of nitrogens with two attached hydrogens (primary N) is 2. The second-order valence-electron chi connectivity index (χ2n) is 8.50. The number of urea groups is 1. The number of anilines is 3. The van der Waals surface area contributed by atoms with Crippen LogP contribution in [-0.2, 0) is 4.79 Å². The predicted molar refractivity (Wildman–Crippen MR) is 140 cm³/mol. The first-order chi connectivity index (χ1) is 17.4. The second-order valence-corrected chi connectivity index (χ2v) is 8.94. The molecule has 0 atom stereocenters. The van der Waals surface area contributed by atoms with Crippen LogP contribution in [0.25, 0.3) is 22.0 Å². The fourth-order valence-corrected chi connectivity index (χ4v) is 4.69. The molecule has 9 nitrogen and oxygen atoms in total. The van der Waals surface area contributed by atoms with Gasteiger partial charge in [-0.25, -0.2) is 4.79 Å². The minimum absolute atomic E-state index is 0.165. The van der Waals surface area contributed by atoms with Gasteiger partial charge in [0, 0.05) is 18.0 Å². The molecule has 3 aromatic carbocycles. The molecule has 3 amide bonds. The van der Waals surface area contributed by atoms with Crippen LogP contribution >= 0.6 is 11.6 Å². The zero-order chi connectivity index (χ0) is 25.2. The molecule has 10 heteroatoms. The molecule has 36 heavy (non-hydrogen) atoms. The van der Waals surface area contributed by atoms with Crippen LogP contribution in [0.5, 0.6) is 5.75 Å². The Morgan fingerprint density at radius 3 is 2.64 bits per heavy atom. The standard InChI is InChI=1S/C26H25ClN6O3/c27-17-3-1-4-19(15-17)33(26(29)35)18-8-6-16(7-9-18)20-10-11-21(24-23(20)25(28)31-30-24)36-14-13-32-12-2-5-22(32)34/h1,3-4,6-11,15H,2,5,12-14H2,(H2,29,35)(H3,28,30,31). The van der Waals surface area contributed by atoms with E-state index in [1.54, 1.807) is 36.4 Å². The van der Waals surface area contributed by atoms with Gasteiger partial charge in [-0.1, -0.05) is 29.8 Å². The van der Waals surface area contributed by atoms with Gasteiger partial charge in [-0.2, -0.15) is 5.10 Å². The first kappa shape index (κ1) is 23.5. The molecular formula is C26H25ClN6O3. The van der Waals surface area contributed by atoms with E-state index in [1.807, 2.05) is 29.2 Å². The van der Waals surface area contributed by atoms with Crippen LogP contribution < -0.4 is 21.1 Å². The van der Waals surface area contributed by atoms with Gasteiger partial charge in [0.2, 0.25) is 5.91 Å². The van der Waals surface area contributed by atoms with Crippen molar-refractivity contribution in [3.63, 3.8) is 0 Å². The quantitative estimate of drug-likeness (QED) is 0.336. The van der Waals surface area contributed by atoms with Crippen LogP contribution in [0.2, 0.25) is 5.02 Å². The third-order valence-corrected chi connectivity index (χ3v) is 6.46. The van der Waals surface area contributed by atoms with Crippen LogP contribution in [0, 0.1) is 0 Å². The van der Waals surface area contributed by atoms with Gasteiger partial charge in [0.05, 0.1) is 23.3 Å². The maximum absolute atomic E-state index is 12.2. The minimum Gasteiger partial charge on any atom is -0.489 e.